The summed E-state index contributed by atoms with van der Waals surface area (Å²) in [6.07, 6.45) is -1.83. The molecule has 0 aromatic carbocycles. The molecule has 0 aliphatic heterocycles. The summed E-state index contributed by atoms with van der Waals surface area (Å²) in [4.78, 5) is 8.56. The average molecular weight is 134 g/mol. The summed E-state index contributed by atoms with van der Waals surface area (Å²) in [7, 11) is 0. The summed E-state index contributed by atoms with van der Waals surface area (Å²) in [6.45, 7) is 0. The molecule has 2 N–H and O–H groups in total. The Kier molecular flexibility index (Phi) is 24.7. The van der Waals surface area contributed by atoms with Crippen LogP contribution in [0.25, 0.3) is 0 Å². The van der Waals surface area contributed by atoms with Gasteiger partial charge in [0.05, 0.1) is 0 Å². The van der Waals surface area contributed by atoms with E-state index in [0.29, 0.717) is 0 Å². The van der Waals surface area contributed by atoms with Crippen molar-refractivity contribution in [2.45, 2.75) is 0 Å². The Morgan fingerprint density at radius 3 is 1.33 bits per heavy atom. The number of carbonyl (C=O) groups is 1. The van der Waals surface area contributed by atoms with Gasteiger partial charge in [0.15, 0.2) is 17.4 Å². The summed E-state index contributed by atoms with van der Waals surface area (Å²) in [6, 6.07) is 0. The van der Waals surface area contributed by atoms with Crippen LogP contribution in [0, 0.1) is 0 Å². The van der Waals surface area contributed by atoms with Crippen molar-refractivity contribution in [3.8, 4) is 0 Å². The third-order valence-electron chi connectivity index (χ3n) is 0. The van der Waals surface area contributed by atoms with Gasteiger partial charge in [-0.15, -0.1) is 0 Å². The van der Waals surface area contributed by atoms with E-state index in [0.717, 1.165) is 0 Å². The van der Waals surface area contributed by atoms with Crippen LogP contribution >= 0.6 is 0 Å². The second-order valence-corrected chi connectivity index (χ2v) is 0.283. The van der Waals surface area contributed by atoms with Gasteiger partial charge in [-0.25, -0.2) is 4.79 Å². The first-order chi connectivity index (χ1) is 1.73. The first kappa shape index (κ1) is 15.7. The van der Waals surface area contributed by atoms with E-state index < -0.39 is 6.16 Å². The predicted octanol–water partition coefficient (Wildman–Crippen LogP) is -1.88. The van der Waals surface area contributed by atoms with Crippen LogP contribution < -0.4 is 0 Å². The Bertz CT molecular complexity index is 33.8. The van der Waals surface area contributed by atoms with Gasteiger partial charge >= 0.3 is 43.9 Å². The molecule has 0 atom stereocenters. The van der Waals surface area contributed by atoms with Crippen molar-refractivity contribution in [1.82, 2.24) is 0 Å². The monoisotopic (exact) mass is 134 g/mol. The predicted molar refractivity (Wildman–Crippen MR) is 29.1 cm³/mol. The van der Waals surface area contributed by atoms with Crippen LogP contribution in [0.4, 0.5) is 4.79 Å². The first-order valence-corrected chi connectivity index (χ1v) is 0.651. The van der Waals surface area contributed by atoms with E-state index in [1.807, 2.05) is 0 Å². The quantitative estimate of drug-likeness (QED) is 0.381. The molecule has 0 bridgehead atoms. The third-order valence-corrected chi connectivity index (χ3v) is 0. The van der Waals surface area contributed by atoms with Gasteiger partial charge in [-0.1, -0.05) is 0 Å². The van der Waals surface area contributed by atoms with Gasteiger partial charge in [-0.05, 0) is 0 Å². The van der Waals surface area contributed by atoms with E-state index in [-0.39, 0.29) is 55.1 Å². The van der Waals surface area contributed by atoms with Gasteiger partial charge in [0.1, 0.15) is 0 Å². The van der Waals surface area contributed by atoms with E-state index >= 15 is 0 Å². The molecule has 3 nitrogen and oxygen atoms in total. The second-order valence-electron chi connectivity index (χ2n) is 0.283. The summed E-state index contributed by atoms with van der Waals surface area (Å²) in [5.74, 6) is 0. The van der Waals surface area contributed by atoms with Gasteiger partial charge in [0, 0.05) is 0 Å². The maximum atomic E-state index is 8.56. The topological polar surface area (TPSA) is 57.5 Å². The molecule has 0 spiro atoms. The zero-order chi connectivity index (χ0) is 3.58. The Hall–Kier alpha value is 1.06. The summed E-state index contributed by atoms with van der Waals surface area (Å²) in [5, 5.41) is 13.9. The van der Waals surface area contributed by atoms with Crippen molar-refractivity contribution >= 4 is 61.3 Å². The molecule has 0 unspecified atom stereocenters. The van der Waals surface area contributed by atoms with Crippen LogP contribution in [0.15, 0.2) is 0 Å². The number of rotatable bonds is 0. The van der Waals surface area contributed by atoms with Gasteiger partial charge in [0.2, 0.25) is 0 Å². The molecular formula is CH7AlCaO3. The van der Waals surface area contributed by atoms with Crippen LogP contribution in [0.3, 0.4) is 0 Å². The van der Waals surface area contributed by atoms with E-state index in [1.165, 1.54) is 0 Å². The van der Waals surface area contributed by atoms with Crippen LogP contribution in [0.2, 0.25) is 0 Å². The molecule has 34 valence electrons. The fraction of sp³-hybridized carbons (Fsp3) is 0. The molecule has 0 radical (unpaired) electrons. The standard InChI is InChI=1S/CH2O3.Al.Ca.5H/c2-1(3)4;;;;;;;/h(H2,2,3,4);;;;;;;. The molecule has 0 fully saturated rings. The fourth-order valence-electron chi connectivity index (χ4n) is 0. The minimum absolute atomic E-state index is 0. The maximum absolute atomic E-state index is 8.56. The molecule has 0 heterocycles. The van der Waals surface area contributed by atoms with E-state index in [2.05, 4.69) is 0 Å². The molecule has 5 heteroatoms. The molecule has 0 saturated heterocycles. The van der Waals surface area contributed by atoms with Crippen molar-refractivity contribution in [3.63, 3.8) is 0 Å². The normalized spacial score (nSPS) is 4.00. The zero-order valence-electron chi connectivity index (χ0n) is 1.80. The molecule has 0 aromatic rings. The molecule has 0 amide bonds. The molecule has 0 aliphatic rings. The molecule has 0 aliphatic carbocycles. The Labute approximate surface area is 75.5 Å². The average Bonchev–Trinajstić information content (AvgIpc) is 0.811. The van der Waals surface area contributed by atoms with Gasteiger partial charge in [-0.3, -0.25) is 0 Å². The van der Waals surface area contributed by atoms with Crippen molar-refractivity contribution in [1.29, 1.82) is 0 Å². The van der Waals surface area contributed by atoms with E-state index in [9.17, 15) is 0 Å². The molecule has 0 rings (SSSR count). The summed E-state index contributed by atoms with van der Waals surface area (Å²) < 4.78 is 0. The van der Waals surface area contributed by atoms with Crippen LogP contribution in [-0.4, -0.2) is 71.5 Å². The zero-order valence-corrected chi connectivity index (χ0v) is 1.80. The van der Waals surface area contributed by atoms with Gasteiger partial charge < -0.3 is 10.2 Å². The van der Waals surface area contributed by atoms with Crippen molar-refractivity contribution < 1.29 is 15.0 Å². The van der Waals surface area contributed by atoms with Crippen molar-refractivity contribution in [3.05, 3.63) is 0 Å². The molecule has 0 aromatic heterocycles. The second kappa shape index (κ2) is 9.41. The molecule has 0 saturated carbocycles. The van der Waals surface area contributed by atoms with Gasteiger partial charge in [-0.2, -0.15) is 0 Å². The molecular weight excluding hydrogens is 127 g/mol. The first-order valence-electron chi connectivity index (χ1n) is 0.651. The SMILES string of the molecule is O=C(O)O.[AlH3].[CaH2]. The number of hydrogen-bond acceptors (Lipinski definition) is 1. The van der Waals surface area contributed by atoms with Crippen LogP contribution in [0.5, 0.6) is 0 Å². The Morgan fingerprint density at radius 1 is 1.33 bits per heavy atom. The number of carboxylic acid groups (broad SMARTS) is 2. The fourth-order valence-corrected chi connectivity index (χ4v) is 0. The number of hydrogen-bond donors (Lipinski definition) is 2. The summed E-state index contributed by atoms with van der Waals surface area (Å²) >= 11 is 0. The van der Waals surface area contributed by atoms with Crippen LogP contribution in [-0.2, 0) is 0 Å². The Balaban J connectivity index is -0.0000000450. The molecule has 6 heavy (non-hydrogen) atoms. The third kappa shape index (κ3) is 74.0. The van der Waals surface area contributed by atoms with Crippen LogP contribution in [0.1, 0.15) is 0 Å². The Morgan fingerprint density at radius 2 is 1.33 bits per heavy atom. The minimum atomic E-state index is -1.83. The van der Waals surface area contributed by atoms with E-state index in [4.69, 9.17) is 15.0 Å². The van der Waals surface area contributed by atoms with E-state index in [1.54, 1.807) is 0 Å². The van der Waals surface area contributed by atoms with Crippen molar-refractivity contribution in [2.75, 3.05) is 0 Å². The van der Waals surface area contributed by atoms with Gasteiger partial charge in [0.25, 0.3) is 0 Å². The summed E-state index contributed by atoms with van der Waals surface area (Å²) in [5.41, 5.74) is 0. The van der Waals surface area contributed by atoms with Crippen molar-refractivity contribution in [2.24, 2.45) is 0 Å².